The number of carbonyl (C=O) groups is 2. The summed E-state index contributed by atoms with van der Waals surface area (Å²) in [5.74, 6) is -0.662. The first-order valence-electron chi connectivity index (χ1n) is 3.90. The Morgan fingerprint density at radius 3 is 3.00 bits per heavy atom. The molecule has 2 amide bonds. The third kappa shape index (κ3) is 2.40. The van der Waals surface area contributed by atoms with Crippen LogP contribution in [0.5, 0.6) is 0 Å². The number of rotatable bonds is 3. The van der Waals surface area contributed by atoms with Crippen LogP contribution in [0.2, 0.25) is 0 Å². The molecule has 1 heterocycles. The lowest BCUT2D eigenvalue weighted by atomic mass is 10.3. The van der Waals surface area contributed by atoms with Crippen molar-refractivity contribution in [2.24, 2.45) is 0 Å². The summed E-state index contributed by atoms with van der Waals surface area (Å²) in [4.78, 5) is 26.8. The molecule has 2 N–H and O–H groups in total. The summed E-state index contributed by atoms with van der Waals surface area (Å²) in [6.07, 6.45) is -0.562. The van der Waals surface area contributed by atoms with Crippen LogP contribution in [0.15, 0.2) is 0 Å². The van der Waals surface area contributed by atoms with Crippen LogP contribution < -0.4 is 10.8 Å². The second kappa shape index (κ2) is 4.20. The number of carbonyl (C=O) groups excluding carboxylic acids is 2. The van der Waals surface area contributed by atoms with Crippen LogP contribution in [0, 0.1) is 0 Å². The highest BCUT2D eigenvalue weighted by molar-refractivity contribution is 5.89. The zero-order valence-electron chi connectivity index (χ0n) is 7.49. The Balaban J connectivity index is 2.39. The summed E-state index contributed by atoms with van der Waals surface area (Å²) < 4.78 is 4.77. The highest BCUT2D eigenvalue weighted by Crippen LogP contribution is 1.96. The molecule has 2 atom stereocenters. The Morgan fingerprint density at radius 1 is 1.85 bits per heavy atom. The molecule has 0 radical (unpaired) electrons. The van der Waals surface area contributed by atoms with Gasteiger partial charge in [-0.1, -0.05) is 0 Å². The van der Waals surface area contributed by atoms with Crippen molar-refractivity contribution in [1.82, 2.24) is 10.8 Å². The van der Waals surface area contributed by atoms with E-state index in [1.807, 2.05) is 0 Å². The van der Waals surface area contributed by atoms with Crippen LogP contribution in [0.1, 0.15) is 6.92 Å². The first kappa shape index (κ1) is 9.94. The molecule has 13 heavy (non-hydrogen) atoms. The number of nitrogens with one attached hydrogen (secondary N) is 2. The van der Waals surface area contributed by atoms with E-state index in [2.05, 4.69) is 15.6 Å². The fourth-order valence-electron chi connectivity index (χ4n) is 0.846. The molecule has 0 aromatic carbocycles. The van der Waals surface area contributed by atoms with Gasteiger partial charge in [0.2, 0.25) is 5.91 Å². The molecule has 1 aliphatic heterocycles. The average molecular weight is 188 g/mol. The molecule has 0 saturated carbocycles. The van der Waals surface area contributed by atoms with E-state index >= 15 is 0 Å². The number of ether oxygens (including phenoxy) is 1. The van der Waals surface area contributed by atoms with Gasteiger partial charge < -0.3 is 10.1 Å². The second-order valence-corrected chi connectivity index (χ2v) is 2.72. The molecule has 0 aromatic rings. The largest absolute Gasteiger partial charge is 0.372 e. The lowest BCUT2D eigenvalue weighted by Crippen LogP contribution is -2.45. The van der Waals surface area contributed by atoms with Gasteiger partial charge in [0.1, 0.15) is 18.8 Å². The number of methoxy groups -OCH3 is 1. The van der Waals surface area contributed by atoms with Crippen molar-refractivity contribution in [3.8, 4) is 0 Å². The van der Waals surface area contributed by atoms with Crippen LogP contribution in [0.4, 0.5) is 0 Å². The van der Waals surface area contributed by atoms with Gasteiger partial charge in [-0.05, 0) is 6.92 Å². The Kier molecular flexibility index (Phi) is 3.21. The van der Waals surface area contributed by atoms with Gasteiger partial charge in [0.25, 0.3) is 5.91 Å². The predicted octanol–water partition coefficient (Wildman–Crippen LogP) is -1.43. The van der Waals surface area contributed by atoms with Crippen LogP contribution in [0.3, 0.4) is 0 Å². The van der Waals surface area contributed by atoms with Gasteiger partial charge in [0.15, 0.2) is 0 Å². The molecule has 2 unspecified atom stereocenters. The van der Waals surface area contributed by atoms with Crippen molar-refractivity contribution in [2.75, 3.05) is 13.7 Å². The Morgan fingerprint density at radius 2 is 2.54 bits per heavy atom. The Labute approximate surface area is 75.5 Å². The van der Waals surface area contributed by atoms with Crippen molar-refractivity contribution in [3.05, 3.63) is 0 Å². The minimum absolute atomic E-state index is 0.154. The highest BCUT2D eigenvalue weighted by Gasteiger charge is 2.28. The quantitative estimate of drug-likeness (QED) is 0.569. The molecule has 0 aromatic heterocycles. The summed E-state index contributed by atoms with van der Waals surface area (Å²) >= 11 is 0. The van der Waals surface area contributed by atoms with Gasteiger partial charge in [0.05, 0.1) is 0 Å². The second-order valence-electron chi connectivity index (χ2n) is 2.72. The van der Waals surface area contributed by atoms with Crippen LogP contribution >= 0.6 is 0 Å². The summed E-state index contributed by atoms with van der Waals surface area (Å²) in [6.45, 7) is 1.75. The third-order valence-corrected chi connectivity index (χ3v) is 1.78. The maximum atomic E-state index is 11.2. The van der Waals surface area contributed by atoms with E-state index in [4.69, 9.17) is 4.74 Å². The number of hydroxylamine groups is 1. The molecular weight excluding hydrogens is 176 g/mol. The van der Waals surface area contributed by atoms with Gasteiger partial charge in [-0.2, -0.15) is 0 Å². The van der Waals surface area contributed by atoms with E-state index in [9.17, 15) is 9.59 Å². The first-order valence-corrected chi connectivity index (χ1v) is 3.90. The fourth-order valence-corrected chi connectivity index (χ4v) is 0.846. The molecule has 1 rings (SSSR count). The van der Waals surface area contributed by atoms with Crippen LogP contribution in [-0.2, 0) is 19.2 Å². The minimum atomic E-state index is -0.606. The van der Waals surface area contributed by atoms with Crippen molar-refractivity contribution >= 4 is 11.8 Å². The Bertz CT molecular complexity index is 219. The number of hydrogen-bond donors (Lipinski definition) is 2. The van der Waals surface area contributed by atoms with E-state index in [1.165, 1.54) is 7.11 Å². The van der Waals surface area contributed by atoms with E-state index in [0.29, 0.717) is 0 Å². The summed E-state index contributed by atoms with van der Waals surface area (Å²) in [5, 5.41) is 2.48. The molecule has 6 nitrogen and oxygen atoms in total. The molecule has 6 heteroatoms. The van der Waals surface area contributed by atoms with E-state index < -0.39 is 12.1 Å². The molecule has 0 bridgehead atoms. The van der Waals surface area contributed by atoms with Crippen LogP contribution in [-0.4, -0.2) is 37.7 Å². The summed E-state index contributed by atoms with van der Waals surface area (Å²) in [5.41, 5.74) is 2.14. The third-order valence-electron chi connectivity index (χ3n) is 1.78. The van der Waals surface area contributed by atoms with Gasteiger partial charge >= 0.3 is 0 Å². The van der Waals surface area contributed by atoms with Crippen molar-refractivity contribution < 1.29 is 19.2 Å². The number of amides is 2. The van der Waals surface area contributed by atoms with Gasteiger partial charge in [-0.15, -0.1) is 0 Å². The van der Waals surface area contributed by atoms with Crippen molar-refractivity contribution in [3.63, 3.8) is 0 Å². The maximum absolute atomic E-state index is 11.2. The van der Waals surface area contributed by atoms with Crippen molar-refractivity contribution in [2.45, 2.75) is 19.1 Å². The Hall–Kier alpha value is -1.14. The molecular formula is C7H12N2O4. The zero-order valence-corrected chi connectivity index (χ0v) is 7.49. The van der Waals surface area contributed by atoms with Crippen molar-refractivity contribution in [1.29, 1.82) is 0 Å². The molecule has 74 valence electrons. The molecule has 0 aliphatic carbocycles. The summed E-state index contributed by atoms with van der Waals surface area (Å²) in [7, 11) is 1.43. The average Bonchev–Trinajstić information content (AvgIpc) is 2.50. The lowest BCUT2D eigenvalue weighted by molar-refractivity contribution is -0.133. The predicted molar refractivity (Wildman–Crippen MR) is 42.5 cm³/mol. The first-order chi connectivity index (χ1) is 6.15. The highest BCUT2D eigenvalue weighted by atomic mass is 16.7. The van der Waals surface area contributed by atoms with E-state index in [1.54, 1.807) is 6.92 Å². The van der Waals surface area contributed by atoms with E-state index in [0.717, 1.165) is 0 Å². The normalized spacial score (nSPS) is 23.8. The zero-order chi connectivity index (χ0) is 9.84. The minimum Gasteiger partial charge on any atom is -0.372 e. The summed E-state index contributed by atoms with van der Waals surface area (Å²) in [6, 6.07) is -0.606. The fraction of sp³-hybridized carbons (Fsp3) is 0.714. The van der Waals surface area contributed by atoms with Gasteiger partial charge in [-0.25, -0.2) is 5.48 Å². The monoisotopic (exact) mass is 188 g/mol. The van der Waals surface area contributed by atoms with Crippen LogP contribution in [0.25, 0.3) is 0 Å². The molecule has 1 aliphatic rings. The topological polar surface area (TPSA) is 76.7 Å². The maximum Gasteiger partial charge on any atom is 0.268 e. The molecule has 1 fully saturated rings. The SMILES string of the molecule is COC(C)C(=O)NC1CONC1=O. The van der Waals surface area contributed by atoms with Gasteiger partial charge in [0, 0.05) is 7.11 Å². The molecule has 0 spiro atoms. The lowest BCUT2D eigenvalue weighted by Gasteiger charge is -2.12. The standard InChI is InChI=1S/C7H12N2O4/c1-4(12-2)6(10)8-5-3-13-9-7(5)11/h4-5H,3H2,1-2H3,(H,8,10)(H,9,11). The number of hydrogen-bond acceptors (Lipinski definition) is 4. The molecule has 1 saturated heterocycles. The smallest absolute Gasteiger partial charge is 0.268 e. The van der Waals surface area contributed by atoms with Gasteiger partial charge in [-0.3, -0.25) is 14.4 Å². The van der Waals surface area contributed by atoms with E-state index in [-0.39, 0.29) is 18.4 Å².